The zero-order valence-corrected chi connectivity index (χ0v) is 19.0. The van der Waals surface area contributed by atoms with E-state index in [2.05, 4.69) is 12.2 Å². The number of nitrogens with one attached hydrogen (secondary N) is 1. The number of nitrogens with zero attached hydrogens (tertiary/aromatic N) is 1. The molecule has 1 heterocycles. The lowest BCUT2D eigenvalue weighted by Gasteiger charge is -2.19. The molecule has 1 aliphatic heterocycles. The predicted octanol–water partition coefficient (Wildman–Crippen LogP) is 6.23. The molecular weight excluding hydrogens is 388 g/mol. The molecule has 2 fully saturated rings. The monoisotopic (exact) mass is 426 g/mol. The summed E-state index contributed by atoms with van der Waals surface area (Å²) in [5.74, 6) is -0.481. The van der Waals surface area contributed by atoms with Crippen LogP contribution in [0.5, 0.6) is 0 Å². The van der Waals surface area contributed by atoms with E-state index >= 15 is 0 Å². The fourth-order valence-corrected chi connectivity index (χ4v) is 4.96. The van der Waals surface area contributed by atoms with Crippen molar-refractivity contribution in [2.75, 3.05) is 10.2 Å². The van der Waals surface area contributed by atoms with Crippen LogP contribution in [0.1, 0.15) is 96.8 Å². The number of unbranched alkanes of at least 4 members (excludes halogenated alkanes) is 8. The maximum atomic E-state index is 12.8. The first-order chi connectivity index (χ1) is 15.1. The molecule has 1 aromatic carbocycles. The zero-order chi connectivity index (χ0) is 22.1. The minimum absolute atomic E-state index is 0.00663. The van der Waals surface area contributed by atoms with Crippen molar-refractivity contribution < 1.29 is 14.4 Å². The first-order valence-corrected chi connectivity index (χ1v) is 12.4. The number of hydrogen-bond acceptors (Lipinski definition) is 3. The second kappa shape index (κ2) is 12.0. The second-order valence-electron chi connectivity index (χ2n) is 9.19. The first-order valence-electron chi connectivity index (χ1n) is 12.4. The summed E-state index contributed by atoms with van der Waals surface area (Å²) in [5.41, 5.74) is 1.22. The van der Waals surface area contributed by atoms with Gasteiger partial charge in [-0.2, -0.15) is 0 Å². The number of benzene rings is 1. The van der Waals surface area contributed by atoms with Gasteiger partial charge >= 0.3 is 0 Å². The Morgan fingerprint density at radius 3 is 2.10 bits per heavy atom. The maximum Gasteiger partial charge on any atom is 0.237 e. The Bertz CT molecular complexity index is 737. The van der Waals surface area contributed by atoms with Crippen molar-refractivity contribution in [1.82, 2.24) is 0 Å². The molecule has 0 aromatic heterocycles. The van der Waals surface area contributed by atoms with Crippen LogP contribution in [0, 0.1) is 11.8 Å². The van der Waals surface area contributed by atoms with Crippen molar-refractivity contribution in [2.24, 2.45) is 11.8 Å². The Morgan fingerprint density at radius 2 is 1.48 bits per heavy atom. The molecule has 3 rings (SSSR count). The molecule has 0 unspecified atom stereocenters. The van der Waals surface area contributed by atoms with Gasteiger partial charge < -0.3 is 5.32 Å². The van der Waals surface area contributed by atoms with Crippen LogP contribution in [-0.2, 0) is 14.4 Å². The Hall–Kier alpha value is -2.17. The minimum atomic E-state index is -0.161. The molecule has 5 nitrogen and oxygen atoms in total. The lowest BCUT2D eigenvalue weighted by atomic mass is 9.81. The van der Waals surface area contributed by atoms with Gasteiger partial charge in [0.2, 0.25) is 17.7 Å². The lowest BCUT2D eigenvalue weighted by Crippen LogP contribution is -2.30. The van der Waals surface area contributed by atoms with E-state index in [1.165, 1.54) is 49.8 Å². The number of carbonyl (C=O) groups excluding carboxylic acids is 3. The Balaban J connectivity index is 1.43. The van der Waals surface area contributed by atoms with Gasteiger partial charge in [0.05, 0.1) is 17.5 Å². The summed E-state index contributed by atoms with van der Waals surface area (Å²) >= 11 is 0. The average Bonchev–Trinajstić information content (AvgIpc) is 3.03. The fourth-order valence-electron chi connectivity index (χ4n) is 4.96. The SMILES string of the molecule is CCCCCCCCCCCC(=O)Nc1cccc(N2C(=O)[C@@H]3CCCC[C@H]3C2=O)c1. The van der Waals surface area contributed by atoms with Gasteiger partial charge in [-0.3, -0.25) is 14.4 Å². The van der Waals surface area contributed by atoms with Crippen LogP contribution in [0.2, 0.25) is 0 Å². The molecule has 3 amide bonds. The Kier molecular flexibility index (Phi) is 9.11. The van der Waals surface area contributed by atoms with Gasteiger partial charge in [-0.1, -0.05) is 77.2 Å². The third-order valence-electron chi connectivity index (χ3n) is 6.74. The largest absolute Gasteiger partial charge is 0.326 e. The van der Waals surface area contributed by atoms with Crippen molar-refractivity contribution in [3.63, 3.8) is 0 Å². The third-order valence-corrected chi connectivity index (χ3v) is 6.74. The highest BCUT2D eigenvalue weighted by Gasteiger charge is 2.48. The van der Waals surface area contributed by atoms with Gasteiger partial charge in [0.15, 0.2) is 0 Å². The predicted molar refractivity (Wildman–Crippen MR) is 125 cm³/mol. The highest BCUT2D eigenvalue weighted by Crippen LogP contribution is 2.40. The quantitative estimate of drug-likeness (QED) is 0.318. The van der Waals surface area contributed by atoms with Crippen molar-refractivity contribution >= 4 is 29.1 Å². The van der Waals surface area contributed by atoms with Gasteiger partial charge in [0.1, 0.15) is 0 Å². The van der Waals surface area contributed by atoms with E-state index in [0.717, 1.165) is 38.5 Å². The number of imide groups is 1. The van der Waals surface area contributed by atoms with Crippen LogP contribution < -0.4 is 10.2 Å². The van der Waals surface area contributed by atoms with Gasteiger partial charge in [-0.25, -0.2) is 4.90 Å². The summed E-state index contributed by atoms with van der Waals surface area (Å²) in [5, 5.41) is 2.94. The molecule has 170 valence electrons. The molecule has 2 atom stereocenters. The summed E-state index contributed by atoms with van der Waals surface area (Å²) in [6.07, 6.45) is 15.2. The van der Waals surface area contributed by atoms with E-state index < -0.39 is 0 Å². The summed E-state index contributed by atoms with van der Waals surface area (Å²) < 4.78 is 0. The van der Waals surface area contributed by atoms with E-state index in [1.807, 2.05) is 6.07 Å². The van der Waals surface area contributed by atoms with Crippen molar-refractivity contribution in [2.45, 2.75) is 96.8 Å². The summed E-state index contributed by atoms with van der Waals surface area (Å²) in [4.78, 5) is 39.3. The molecule has 5 heteroatoms. The molecular formula is C26H38N2O3. The fraction of sp³-hybridized carbons (Fsp3) is 0.654. The molecule has 31 heavy (non-hydrogen) atoms. The third kappa shape index (κ3) is 6.41. The molecule has 1 N–H and O–H groups in total. The van der Waals surface area contributed by atoms with Crippen LogP contribution >= 0.6 is 0 Å². The van der Waals surface area contributed by atoms with Gasteiger partial charge in [-0.15, -0.1) is 0 Å². The number of amides is 3. The maximum absolute atomic E-state index is 12.8. The van der Waals surface area contributed by atoms with E-state index in [0.29, 0.717) is 17.8 Å². The number of fused-ring (bicyclic) bond motifs is 1. The van der Waals surface area contributed by atoms with E-state index in [-0.39, 0.29) is 29.6 Å². The van der Waals surface area contributed by atoms with E-state index in [4.69, 9.17) is 0 Å². The zero-order valence-electron chi connectivity index (χ0n) is 19.0. The van der Waals surface area contributed by atoms with Crippen LogP contribution in [0.25, 0.3) is 0 Å². The normalized spacial score (nSPS) is 20.7. The molecule has 1 aromatic rings. The molecule has 1 aliphatic carbocycles. The summed E-state index contributed by atoms with van der Waals surface area (Å²) in [6.45, 7) is 2.23. The molecule has 0 bridgehead atoms. The van der Waals surface area contributed by atoms with Crippen LogP contribution in [0.15, 0.2) is 24.3 Å². The highest BCUT2D eigenvalue weighted by atomic mass is 16.2. The first kappa shape index (κ1) is 23.5. The molecule has 2 aliphatic rings. The number of hydrogen-bond donors (Lipinski definition) is 1. The number of carbonyl (C=O) groups is 3. The summed E-state index contributed by atoms with van der Waals surface area (Å²) in [6, 6.07) is 7.15. The Labute approximate surface area is 187 Å². The summed E-state index contributed by atoms with van der Waals surface area (Å²) in [7, 11) is 0. The van der Waals surface area contributed by atoms with Crippen molar-refractivity contribution in [3.8, 4) is 0 Å². The van der Waals surface area contributed by atoms with Crippen molar-refractivity contribution in [1.29, 1.82) is 0 Å². The van der Waals surface area contributed by atoms with Gasteiger partial charge in [0, 0.05) is 12.1 Å². The lowest BCUT2D eigenvalue weighted by molar-refractivity contribution is -0.122. The second-order valence-corrected chi connectivity index (χ2v) is 9.19. The highest BCUT2D eigenvalue weighted by molar-refractivity contribution is 6.22. The van der Waals surface area contributed by atoms with Gasteiger partial charge in [0.25, 0.3) is 0 Å². The Morgan fingerprint density at radius 1 is 0.903 bits per heavy atom. The van der Waals surface area contributed by atoms with E-state index in [9.17, 15) is 14.4 Å². The van der Waals surface area contributed by atoms with Gasteiger partial charge in [-0.05, 0) is 37.5 Å². The minimum Gasteiger partial charge on any atom is -0.326 e. The number of anilines is 2. The molecule has 1 saturated carbocycles. The molecule has 1 saturated heterocycles. The molecule has 0 spiro atoms. The van der Waals surface area contributed by atoms with Crippen LogP contribution in [0.4, 0.5) is 11.4 Å². The van der Waals surface area contributed by atoms with Crippen LogP contribution in [0.3, 0.4) is 0 Å². The number of rotatable bonds is 12. The van der Waals surface area contributed by atoms with Crippen LogP contribution in [-0.4, -0.2) is 17.7 Å². The average molecular weight is 427 g/mol. The molecule has 0 radical (unpaired) electrons. The topological polar surface area (TPSA) is 66.5 Å². The standard InChI is InChI=1S/C26H38N2O3/c1-2-3-4-5-6-7-8-9-10-18-24(29)27-20-14-13-15-21(19-20)28-25(30)22-16-11-12-17-23(22)26(28)31/h13-15,19,22-23H,2-12,16-18H2,1H3,(H,27,29)/t22-,23-/m1/s1. The van der Waals surface area contributed by atoms with E-state index in [1.54, 1.807) is 18.2 Å². The smallest absolute Gasteiger partial charge is 0.237 e. The van der Waals surface area contributed by atoms with Crippen molar-refractivity contribution in [3.05, 3.63) is 24.3 Å².